The van der Waals surface area contributed by atoms with Crippen LogP contribution in [0, 0.1) is 0 Å². The highest BCUT2D eigenvalue weighted by molar-refractivity contribution is 6.30. The van der Waals surface area contributed by atoms with Crippen LogP contribution in [0.5, 0.6) is 0 Å². The van der Waals surface area contributed by atoms with Crippen LogP contribution < -0.4 is 5.32 Å². The number of amides is 1. The van der Waals surface area contributed by atoms with Crippen LogP contribution >= 0.6 is 11.6 Å². The van der Waals surface area contributed by atoms with Gasteiger partial charge in [-0.2, -0.15) is 4.98 Å². The molecule has 0 aliphatic carbocycles. The highest BCUT2D eigenvalue weighted by Crippen LogP contribution is 2.21. The summed E-state index contributed by atoms with van der Waals surface area (Å²) in [7, 11) is 0. The van der Waals surface area contributed by atoms with Gasteiger partial charge in [0.1, 0.15) is 0 Å². The van der Waals surface area contributed by atoms with Gasteiger partial charge in [-0.15, -0.1) is 0 Å². The molecule has 2 aromatic carbocycles. The minimum atomic E-state index is -0.117. The largest absolute Gasteiger partial charge is 0.339 e. The predicted molar refractivity (Wildman–Crippen MR) is 102 cm³/mol. The Balaban J connectivity index is 1.56. The Bertz CT molecular complexity index is 871. The summed E-state index contributed by atoms with van der Waals surface area (Å²) in [5.41, 5.74) is 2.86. The first-order valence-electron chi connectivity index (χ1n) is 8.49. The van der Waals surface area contributed by atoms with Crippen LogP contribution in [0.1, 0.15) is 37.6 Å². The summed E-state index contributed by atoms with van der Waals surface area (Å²) < 4.78 is 5.25. The van der Waals surface area contributed by atoms with Crippen LogP contribution in [0.3, 0.4) is 0 Å². The third kappa shape index (κ3) is 4.70. The summed E-state index contributed by atoms with van der Waals surface area (Å²) in [6, 6.07) is 15.1. The van der Waals surface area contributed by atoms with Crippen molar-refractivity contribution in [2.45, 2.75) is 32.6 Å². The lowest BCUT2D eigenvalue weighted by Gasteiger charge is -2.04. The second kappa shape index (κ2) is 8.15. The van der Waals surface area contributed by atoms with E-state index in [1.807, 2.05) is 12.1 Å². The number of hydrogen-bond donors (Lipinski definition) is 1. The Kier molecular flexibility index (Phi) is 5.68. The number of carbonyl (C=O) groups excluding carboxylic acids is 1. The van der Waals surface area contributed by atoms with Gasteiger partial charge in [0.2, 0.25) is 17.6 Å². The summed E-state index contributed by atoms with van der Waals surface area (Å²) in [5.74, 6) is 1.34. The molecule has 1 amide bonds. The number of aromatic nitrogens is 2. The second-order valence-electron chi connectivity index (χ2n) is 6.34. The molecule has 1 heterocycles. The smallest absolute Gasteiger partial charge is 0.227 e. The molecule has 0 aliphatic rings. The van der Waals surface area contributed by atoms with E-state index < -0.39 is 0 Å². The third-order valence-electron chi connectivity index (χ3n) is 4.00. The standard InChI is InChI=1S/C20H20ClN3O2/c1-13(2)14-3-5-15(6-4-14)20-23-19(26-24-20)12-11-18(25)22-17-9-7-16(21)8-10-17/h3-10,13H,11-12H2,1-2H3,(H,22,25). The molecule has 1 aromatic heterocycles. The second-order valence-corrected chi connectivity index (χ2v) is 6.78. The zero-order valence-electron chi connectivity index (χ0n) is 14.7. The van der Waals surface area contributed by atoms with Crippen LogP contribution in [-0.4, -0.2) is 16.0 Å². The van der Waals surface area contributed by atoms with E-state index in [-0.39, 0.29) is 12.3 Å². The first-order valence-corrected chi connectivity index (χ1v) is 8.87. The quantitative estimate of drug-likeness (QED) is 0.657. The molecule has 134 valence electrons. The summed E-state index contributed by atoms with van der Waals surface area (Å²) in [6.07, 6.45) is 0.646. The molecule has 0 saturated heterocycles. The molecule has 0 fully saturated rings. The topological polar surface area (TPSA) is 68.0 Å². The molecule has 0 atom stereocenters. The lowest BCUT2D eigenvalue weighted by Crippen LogP contribution is -2.12. The maximum Gasteiger partial charge on any atom is 0.227 e. The fraction of sp³-hybridized carbons (Fsp3) is 0.250. The highest BCUT2D eigenvalue weighted by Gasteiger charge is 2.11. The molecule has 0 aliphatic heterocycles. The monoisotopic (exact) mass is 369 g/mol. The predicted octanol–water partition coefficient (Wildman–Crippen LogP) is 5.08. The van der Waals surface area contributed by atoms with E-state index in [9.17, 15) is 4.79 Å². The van der Waals surface area contributed by atoms with Gasteiger partial charge in [-0.3, -0.25) is 4.79 Å². The number of carbonyl (C=O) groups is 1. The maximum absolute atomic E-state index is 12.0. The number of hydrogen-bond acceptors (Lipinski definition) is 4. The first-order chi connectivity index (χ1) is 12.5. The summed E-state index contributed by atoms with van der Waals surface area (Å²) in [5, 5.41) is 7.43. The Hall–Kier alpha value is -2.66. The molecule has 3 aromatic rings. The molecular formula is C20H20ClN3O2. The van der Waals surface area contributed by atoms with Crippen LogP contribution in [0.2, 0.25) is 5.02 Å². The average Bonchev–Trinajstić information content (AvgIpc) is 3.11. The van der Waals surface area contributed by atoms with Crippen molar-refractivity contribution < 1.29 is 9.32 Å². The molecule has 6 heteroatoms. The SMILES string of the molecule is CC(C)c1ccc(-c2noc(CCC(=O)Nc3ccc(Cl)cc3)n2)cc1. The van der Waals surface area contributed by atoms with E-state index in [1.165, 1.54) is 5.56 Å². The molecule has 5 nitrogen and oxygen atoms in total. The van der Waals surface area contributed by atoms with Crippen LogP contribution in [0.25, 0.3) is 11.4 Å². The minimum Gasteiger partial charge on any atom is -0.339 e. The number of nitrogens with one attached hydrogen (secondary N) is 1. The summed E-state index contributed by atoms with van der Waals surface area (Å²) in [4.78, 5) is 16.4. The first kappa shape index (κ1) is 18.1. The van der Waals surface area contributed by atoms with Gasteiger partial charge in [0.05, 0.1) is 0 Å². The minimum absolute atomic E-state index is 0.117. The maximum atomic E-state index is 12.0. The van der Waals surface area contributed by atoms with Crippen molar-refractivity contribution in [1.29, 1.82) is 0 Å². The van der Waals surface area contributed by atoms with Gasteiger partial charge in [0.15, 0.2) is 0 Å². The molecule has 3 rings (SSSR count). The molecule has 0 unspecified atom stereocenters. The zero-order valence-corrected chi connectivity index (χ0v) is 15.5. The van der Waals surface area contributed by atoms with Crippen molar-refractivity contribution in [1.82, 2.24) is 10.1 Å². The number of benzene rings is 2. The third-order valence-corrected chi connectivity index (χ3v) is 4.25. The van der Waals surface area contributed by atoms with Crippen molar-refractivity contribution in [3.05, 3.63) is 65.0 Å². The van der Waals surface area contributed by atoms with E-state index >= 15 is 0 Å². The van der Waals surface area contributed by atoms with Crippen LogP contribution in [-0.2, 0) is 11.2 Å². The molecule has 26 heavy (non-hydrogen) atoms. The number of nitrogens with zero attached hydrogens (tertiary/aromatic N) is 2. The number of halogens is 1. The molecule has 0 spiro atoms. The van der Waals surface area contributed by atoms with Crippen molar-refractivity contribution in [2.75, 3.05) is 5.32 Å². The van der Waals surface area contributed by atoms with E-state index in [0.29, 0.717) is 34.8 Å². The van der Waals surface area contributed by atoms with E-state index in [2.05, 4.69) is 41.4 Å². The lowest BCUT2D eigenvalue weighted by atomic mass is 10.0. The fourth-order valence-electron chi connectivity index (χ4n) is 2.47. The molecule has 1 N–H and O–H groups in total. The van der Waals surface area contributed by atoms with E-state index in [1.54, 1.807) is 24.3 Å². The summed E-state index contributed by atoms with van der Waals surface area (Å²) in [6.45, 7) is 4.30. The molecule has 0 bridgehead atoms. The van der Waals surface area contributed by atoms with Gasteiger partial charge in [0, 0.05) is 29.1 Å². The van der Waals surface area contributed by atoms with Gasteiger partial charge in [-0.1, -0.05) is 54.9 Å². The van der Waals surface area contributed by atoms with Crippen LogP contribution in [0.4, 0.5) is 5.69 Å². The Morgan fingerprint density at radius 3 is 2.46 bits per heavy atom. The van der Waals surface area contributed by atoms with Gasteiger partial charge in [-0.05, 0) is 35.7 Å². The van der Waals surface area contributed by atoms with Gasteiger partial charge in [-0.25, -0.2) is 0 Å². The van der Waals surface area contributed by atoms with Crippen molar-refractivity contribution in [2.24, 2.45) is 0 Å². The Morgan fingerprint density at radius 1 is 1.12 bits per heavy atom. The molecule has 0 saturated carbocycles. The molecular weight excluding hydrogens is 350 g/mol. The Labute approximate surface area is 157 Å². The van der Waals surface area contributed by atoms with E-state index in [4.69, 9.17) is 16.1 Å². The Morgan fingerprint density at radius 2 is 1.81 bits per heavy atom. The number of rotatable bonds is 6. The number of anilines is 1. The average molecular weight is 370 g/mol. The van der Waals surface area contributed by atoms with Crippen molar-refractivity contribution in [3.63, 3.8) is 0 Å². The summed E-state index contributed by atoms with van der Waals surface area (Å²) >= 11 is 5.83. The van der Waals surface area contributed by atoms with Gasteiger partial charge >= 0.3 is 0 Å². The lowest BCUT2D eigenvalue weighted by molar-refractivity contribution is -0.116. The van der Waals surface area contributed by atoms with Crippen molar-refractivity contribution >= 4 is 23.2 Å². The van der Waals surface area contributed by atoms with Crippen LogP contribution in [0.15, 0.2) is 53.1 Å². The highest BCUT2D eigenvalue weighted by atomic mass is 35.5. The van der Waals surface area contributed by atoms with Gasteiger partial charge in [0.25, 0.3) is 0 Å². The molecule has 0 radical (unpaired) electrons. The van der Waals surface area contributed by atoms with Gasteiger partial charge < -0.3 is 9.84 Å². The normalized spacial score (nSPS) is 10.9. The number of aryl methyl sites for hydroxylation is 1. The fourth-order valence-corrected chi connectivity index (χ4v) is 2.59. The zero-order chi connectivity index (χ0) is 18.5. The van der Waals surface area contributed by atoms with Crippen molar-refractivity contribution in [3.8, 4) is 11.4 Å². The van der Waals surface area contributed by atoms with E-state index in [0.717, 1.165) is 5.56 Å².